The van der Waals surface area contributed by atoms with Crippen molar-refractivity contribution >= 4 is 29.4 Å². The lowest BCUT2D eigenvalue weighted by atomic mass is 10.2. The van der Waals surface area contributed by atoms with E-state index < -0.39 is 18.0 Å². The van der Waals surface area contributed by atoms with Crippen molar-refractivity contribution in [2.24, 2.45) is 0 Å². The summed E-state index contributed by atoms with van der Waals surface area (Å²) in [6.07, 6.45) is -1.04. The molecule has 27 heavy (non-hydrogen) atoms. The summed E-state index contributed by atoms with van der Waals surface area (Å²) in [7, 11) is 0. The van der Waals surface area contributed by atoms with Gasteiger partial charge in [-0.05, 0) is 18.2 Å². The summed E-state index contributed by atoms with van der Waals surface area (Å²) in [5, 5.41) is 8.22. The fraction of sp³-hybridized carbons (Fsp3) is 0.471. The second-order valence-corrected chi connectivity index (χ2v) is 6.92. The number of carbonyl (C=O) groups excluding carboxylic acids is 3. The molecule has 0 spiro atoms. The number of cyclic esters (lactones) is 1. The Morgan fingerprint density at radius 1 is 1.26 bits per heavy atom. The van der Waals surface area contributed by atoms with Gasteiger partial charge in [-0.1, -0.05) is 0 Å². The van der Waals surface area contributed by atoms with Crippen LogP contribution in [0.3, 0.4) is 0 Å². The first-order chi connectivity index (χ1) is 12.9. The van der Waals surface area contributed by atoms with Crippen LogP contribution in [0.1, 0.15) is 6.92 Å². The molecule has 0 saturated carbocycles. The predicted octanol–water partition coefficient (Wildman–Crippen LogP) is 0.157. The van der Waals surface area contributed by atoms with Crippen LogP contribution in [0.4, 0.5) is 25.4 Å². The second-order valence-electron chi connectivity index (χ2n) is 6.92. The van der Waals surface area contributed by atoms with Crippen LogP contribution >= 0.6 is 0 Å². The van der Waals surface area contributed by atoms with Crippen molar-refractivity contribution in [3.63, 3.8) is 0 Å². The van der Waals surface area contributed by atoms with Gasteiger partial charge in [0.05, 0.1) is 36.5 Å². The maximum Gasteiger partial charge on any atom is 0.414 e. The average Bonchev–Trinajstić information content (AvgIpc) is 3.25. The van der Waals surface area contributed by atoms with Crippen LogP contribution in [0.2, 0.25) is 0 Å². The van der Waals surface area contributed by atoms with E-state index in [0.717, 1.165) is 0 Å². The standard InChI is InChI=1S/C17H20FN5O4/c1-9(24)19-5-11-6-23(17(26)27-11)10-2-3-15(12(18)4-10)22-7-13-14(8-22)21-16(25)20-13/h2-4,11,13-14H,5-8H2,1H3,(H,19,24)(H2,20,21,25)/t11-,13?,14?/m0/s1. The number of anilines is 2. The molecule has 144 valence electrons. The lowest BCUT2D eigenvalue weighted by Crippen LogP contribution is -2.34. The van der Waals surface area contributed by atoms with Gasteiger partial charge in [0.15, 0.2) is 0 Å². The molecule has 0 bridgehead atoms. The molecule has 3 heterocycles. The third-order valence-corrected chi connectivity index (χ3v) is 4.99. The molecular formula is C17H20FN5O4. The van der Waals surface area contributed by atoms with E-state index in [1.807, 2.05) is 4.90 Å². The van der Waals surface area contributed by atoms with E-state index in [9.17, 15) is 18.8 Å². The molecule has 0 aliphatic carbocycles. The SMILES string of the molecule is CC(=O)NC[C@H]1CN(c2ccc(N3CC4NC(=O)NC4C3)c(F)c2)C(=O)O1. The van der Waals surface area contributed by atoms with Crippen molar-refractivity contribution in [1.82, 2.24) is 16.0 Å². The van der Waals surface area contributed by atoms with E-state index in [1.54, 1.807) is 12.1 Å². The van der Waals surface area contributed by atoms with Gasteiger partial charge >= 0.3 is 12.1 Å². The van der Waals surface area contributed by atoms with Gasteiger partial charge in [0.2, 0.25) is 5.91 Å². The van der Waals surface area contributed by atoms with E-state index in [-0.39, 0.29) is 37.1 Å². The van der Waals surface area contributed by atoms with Crippen molar-refractivity contribution in [1.29, 1.82) is 0 Å². The van der Waals surface area contributed by atoms with E-state index >= 15 is 0 Å². The van der Waals surface area contributed by atoms with E-state index in [2.05, 4.69) is 16.0 Å². The minimum absolute atomic E-state index is 0.0420. The number of urea groups is 1. The highest BCUT2D eigenvalue weighted by molar-refractivity contribution is 5.90. The van der Waals surface area contributed by atoms with Gasteiger partial charge < -0.3 is 25.6 Å². The molecule has 3 aliphatic heterocycles. The molecule has 1 aromatic carbocycles. The van der Waals surface area contributed by atoms with Gasteiger partial charge in [0.25, 0.3) is 0 Å². The number of halogens is 1. The Balaban J connectivity index is 1.44. The van der Waals surface area contributed by atoms with Crippen LogP contribution in [-0.2, 0) is 9.53 Å². The molecule has 3 aliphatic rings. The number of fused-ring (bicyclic) bond motifs is 1. The molecule has 9 nitrogen and oxygen atoms in total. The topological polar surface area (TPSA) is 103 Å². The number of hydrogen-bond acceptors (Lipinski definition) is 5. The molecule has 10 heteroatoms. The maximum absolute atomic E-state index is 14.7. The number of amides is 4. The van der Waals surface area contributed by atoms with Gasteiger partial charge in [-0.25, -0.2) is 14.0 Å². The Hall–Kier alpha value is -3.04. The fourth-order valence-electron chi connectivity index (χ4n) is 3.69. The first-order valence-electron chi connectivity index (χ1n) is 8.75. The van der Waals surface area contributed by atoms with Crippen LogP contribution in [-0.4, -0.2) is 62.4 Å². The number of nitrogens with one attached hydrogen (secondary N) is 3. The van der Waals surface area contributed by atoms with Crippen LogP contribution in [0, 0.1) is 5.82 Å². The van der Waals surface area contributed by atoms with Gasteiger partial charge in [0, 0.05) is 20.0 Å². The Kier molecular flexibility index (Phi) is 4.25. The van der Waals surface area contributed by atoms with Gasteiger partial charge in [-0.3, -0.25) is 9.69 Å². The first-order valence-corrected chi connectivity index (χ1v) is 8.75. The molecule has 0 radical (unpaired) electrons. The van der Waals surface area contributed by atoms with Crippen molar-refractivity contribution in [3.05, 3.63) is 24.0 Å². The quantitative estimate of drug-likeness (QED) is 0.694. The molecule has 3 fully saturated rings. The first kappa shape index (κ1) is 17.4. The van der Waals surface area contributed by atoms with Crippen LogP contribution in [0.15, 0.2) is 18.2 Å². The van der Waals surface area contributed by atoms with E-state index in [0.29, 0.717) is 24.5 Å². The zero-order valence-electron chi connectivity index (χ0n) is 14.7. The second kappa shape index (κ2) is 6.60. The van der Waals surface area contributed by atoms with E-state index in [1.165, 1.54) is 17.9 Å². The average molecular weight is 377 g/mol. The third-order valence-electron chi connectivity index (χ3n) is 4.99. The number of ether oxygens (including phenoxy) is 1. The lowest BCUT2D eigenvalue weighted by molar-refractivity contribution is -0.119. The van der Waals surface area contributed by atoms with Gasteiger partial charge in [0.1, 0.15) is 11.9 Å². The summed E-state index contributed by atoms with van der Waals surface area (Å²) in [4.78, 5) is 37.6. The molecule has 4 amide bonds. The minimum atomic E-state index is -0.569. The number of carbonyl (C=O) groups is 3. The highest BCUT2D eigenvalue weighted by Crippen LogP contribution is 2.30. The normalized spacial score (nSPS) is 26.5. The van der Waals surface area contributed by atoms with Gasteiger partial charge in [-0.2, -0.15) is 0 Å². The summed E-state index contributed by atoms with van der Waals surface area (Å²) in [5.41, 5.74) is 0.823. The Morgan fingerprint density at radius 2 is 1.96 bits per heavy atom. The van der Waals surface area contributed by atoms with Gasteiger partial charge in [-0.15, -0.1) is 0 Å². The van der Waals surface area contributed by atoms with Crippen molar-refractivity contribution < 1.29 is 23.5 Å². The number of nitrogens with zero attached hydrogens (tertiary/aromatic N) is 2. The summed E-state index contributed by atoms with van der Waals surface area (Å²) in [6, 6.07) is 4.32. The van der Waals surface area contributed by atoms with Crippen LogP contribution in [0.5, 0.6) is 0 Å². The smallest absolute Gasteiger partial charge is 0.414 e. The summed E-state index contributed by atoms with van der Waals surface area (Å²) in [5.74, 6) is -0.655. The molecular weight excluding hydrogens is 357 g/mol. The van der Waals surface area contributed by atoms with Crippen molar-refractivity contribution in [2.75, 3.05) is 36.0 Å². The van der Waals surface area contributed by atoms with Crippen LogP contribution in [0.25, 0.3) is 0 Å². The summed E-state index contributed by atoms with van der Waals surface area (Å²) in [6.45, 7) is 2.87. The molecule has 3 atom stereocenters. The summed E-state index contributed by atoms with van der Waals surface area (Å²) < 4.78 is 19.9. The molecule has 4 rings (SSSR count). The lowest BCUT2D eigenvalue weighted by Gasteiger charge is -2.21. The fourth-order valence-corrected chi connectivity index (χ4v) is 3.69. The predicted molar refractivity (Wildman–Crippen MR) is 94.2 cm³/mol. The Morgan fingerprint density at radius 3 is 2.59 bits per heavy atom. The minimum Gasteiger partial charge on any atom is -0.442 e. The molecule has 3 N–H and O–H groups in total. The molecule has 1 aromatic rings. The van der Waals surface area contributed by atoms with Crippen molar-refractivity contribution in [3.8, 4) is 0 Å². The zero-order valence-corrected chi connectivity index (χ0v) is 14.7. The Bertz CT molecular complexity index is 788. The summed E-state index contributed by atoms with van der Waals surface area (Å²) >= 11 is 0. The van der Waals surface area contributed by atoms with Crippen LogP contribution < -0.4 is 25.8 Å². The number of rotatable bonds is 4. The molecule has 3 saturated heterocycles. The highest BCUT2D eigenvalue weighted by atomic mass is 19.1. The maximum atomic E-state index is 14.7. The molecule has 0 aromatic heterocycles. The number of hydrogen-bond donors (Lipinski definition) is 3. The number of benzene rings is 1. The largest absolute Gasteiger partial charge is 0.442 e. The van der Waals surface area contributed by atoms with Crippen molar-refractivity contribution in [2.45, 2.75) is 25.1 Å². The van der Waals surface area contributed by atoms with E-state index in [4.69, 9.17) is 4.74 Å². The monoisotopic (exact) mass is 377 g/mol. The molecule has 2 unspecified atom stereocenters. The third kappa shape index (κ3) is 3.34. The zero-order chi connectivity index (χ0) is 19.1. The Labute approximate surface area is 154 Å². The highest BCUT2D eigenvalue weighted by Gasteiger charge is 2.40.